The van der Waals surface area contributed by atoms with Crippen LogP contribution in [0.3, 0.4) is 0 Å². The van der Waals surface area contributed by atoms with Gasteiger partial charge in [-0.2, -0.15) is 13.2 Å². The van der Waals surface area contributed by atoms with E-state index in [1.807, 2.05) is 13.8 Å². The Kier molecular flexibility index (Phi) is 25.7. The second-order valence-electron chi connectivity index (χ2n) is 22.0. The number of Topliss-reactive ketones (excluding diaryl/α,β-unsaturated/α-hetero) is 1. The minimum Gasteiger partial charge on any atom is -0.496 e. The molecule has 0 saturated carbocycles. The molecule has 450 valence electrons. The molecule has 2 saturated heterocycles. The van der Waals surface area contributed by atoms with Crippen LogP contribution in [0.15, 0.2) is 39.5 Å². The monoisotopic (exact) mass is 1140 g/mol. The summed E-state index contributed by atoms with van der Waals surface area (Å²) in [5.74, 6) is -5.67. The minimum atomic E-state index is -4.68. The zero-order valence-corrected chi connectivity index (χ0v) is 48.4. The number of hydrogen-bond acceptors (Lipinski definition) is 17. The molecule has 3 aliphatic heterocycles. The maximum Gasteiger partial charge on any atom is 0.433 e. The van der Waals surface area contributed by atoms with Crippen molar-refractivity contribution in [3.05, 3.63) is 40.5 Å². The summed E-state index contributed by atoms with van der Waals surface area (Å²) in [6.45, 7) is 17.9. The Morgan fingerprint density at radius 1 is 0.925 bits per heavy atom. The summed E-state index contributed by atoms with van der Waals surface area (Å²) in [5.41, 5.74) is -0.993. The fourth-order valence-corrected chi connectivity index (χ4v) is 10.4. The number of rotatable bonds is 30. The Bertz CT molecular complexity index is 2410. The highest BCUT2D eigenvalue weighted by Crippen LogP contribution is 2.46. The Balaban J connectivity index is 1.22. The lowest BCUT2D eigenvalue weighted by atomic mass is 9.79. The molecule has 20 nitrogen and oxygen atoms in total. The number of alkyl halides is 3. The normalized spacial score (nSPS) is 24.4. The highest BCUT2D eigenvalue weighted by Gasteiger charge is 2.48. The van der Waals surface area contributed by atoms with Gasteiger partial charge in [-0.15, -0.1) is 0 Å². The first-order valence-electron chi connectivity index (χ1n) is 27.7. The van der Waals surface area contributed by atoms with Crippen LogP contribution < -0.4 is 15.0 Å². The molecule has 0 bridgehead atoms. The van der Waals surface area contributed by atoms with E-state index in [0.717, 1.165) is 56.4 Å². The zero-order chi connectivity index (χ0) is 59.8. The van der Waals surface area contributed by atoms with Gasteiger partial charge in [0.05, 0.1) is 67.4 Å². The number of nitrogens with one attached hydrogen (secondary N) is 2. The Morgan fingerprint density at radius 3 is 2.20 bits per heavy atom. The lowest BCUT2D eigenvalue weighted by Gasteiger charge is -2.51. The standard InChI is InChI=1S/C57H85F3N4O16/c1-13-61-52(57(58,59)60)38-16-17-39(45(26-38)74-11)53(71)63-25-24-62-46(69)29-76-64-37(10)31(4)15-19-44-32(5)20-22-56(79-44)23-21-34(7)50(80-56)33(6)14-18-40(65)35(8)41(66)27-43(68)51(75-12)49(30(2)3)77-47(70)28-42(67)48-36(9)54(72)78-55(48)73/h16-17,26,30-35,40,42-44,49-51,65,67-68H,13-15,18-25,27-29H2,1-12H3,(H,62,69)(H,63,71)/p+1/b61-52?,64-37-/t31-,32+,33+,34-,35-,40-,42+,43+,44-,49+,50-,51-,56+/m0/s1. The number of cyclic esters (lactones) is 2. The van der Waals surface area contributed by atoms with Gasteiger partial charge in [-0.25, -0.2) is 14.6 Å². The molecule has 0 unspecified atom stereocenters. The third-order valence-corrected chi connectivity index (χ3v) is 15.6. The minimum absolute atomic E-state index is 0.00371. The fraction of sp³-hybridized carbons (Fsp3) is 0.719. The van der Waals surface area contributed by atoms with Crippen molar-refractivity contribution < 1.29 is 95.8 Å². The van der Waals surface area contributed by atoms with Crippen molar-refractivity contribution in [1.82, 2.24) is 5.32 Å². The van der Waals surface area contributed by atoms with E-state index in [4.69, 9.17) is 28.5 Å². The van der Waals surface area contributed by atoms with E-state index in [1.54, 1.807) is 20.8 Å². The van der Waals surface area contributed by atoms with Crippen molar-refractivity contribution in [1.29, 1.82) is 0 Å². The lowest BCUT2D eigenvalue weighted by molar-refractivity contribution is -0.466. The van der Waals surface area contributed by atoms with E-state index in [2.05, 4.69) is 46.0 Å². The Morgan fingerprint density at radius 2 is 1.60 bits per heavy atom. The topological polar surface area (TPSA) is 282 Å². The van der Waals surface area contributed by atoms with E-state index in [1.165, 1.54) is 34.1 Å². The highest BCUT2D eigenvalue weighted by atomic mass is 19.4. The number of aliphatic hydroxyl groups excluding tert-OH is 4. The van der Waals surface area contributed by atoms with Crippen LogP contribution >= 0.6 is 0 Å². The van der Waals surface area contributed by atoms with E-state index in [9.17, 15) is 57.6 Å². The summed E-state index contributed by atoms with van der Waals surface area (Å²) in [6, 6.07) is 3.52. The quantitative estimate of drug-likeness (QED) is 0.0140. The average Bonchev–Trinajstić information content (AvgIpc) is 3.66. The number of aliphatic imine (C=N–C) groups is 1. The predicted octanol–water partition coefficient (Wildman–Crippen LogP) is 5.44. The number of aliphatic hydroxyl groups is 4. The van der Waals surface area contributed by atoms with Crippen LogP contribution in [0.5, 0.6) is 5.75 Å². The molecule has 6 N–H and O–H groups in total. The van der Waals surface area contributed by atoms with Crippen molar-refractivity contribution in [3.63, 3.8) is 0 Å². The summed E-state index contributed by atoms with van der Waals surface area (Å²) in [4.78, 5) is 74.8. The number of ether oxygens (including phenoxy) is 6. The van der Waals surface area contributed by atoms with Gasteiger partial charge >= 0.3 is 30.0 Å². The fourth-order valence-electron chi connectivity index (χ4n) is 10.4. The average molecular weight is 1140 g/mol. The summed E-state index contributed by atoms with van der Waals surface area (Å²) < 4.78 is 75.2. The van der Waals surface area contributed by atoms with E-state index in [0.29, 0.717) is 12.8 Å². The first kappa shape index (κ1) is 67.2. The second kappa shape index (κ2) is 30.6. The molecule has 0 radical (unpaired) electrons. The summed E-state index contributed by atoms with van der Waals surface area (Å²) in [5, 5.41) is 50.3. The first-order chi connectivity index (χ1) is 37.6. The number of methoxy groups -OCH3 is 2. The van der Waals surface area contributed by atoms with Crippen molar-refractivity contribution in [2.24, 2.45) is 45.7 Å². The van der Waals surface area contributed by atoms with Gasteiger partial charge in [0.15, 0.2) is 12.3 Å². The first-order valence-corrected chi connectivity index (χ1v) is 27.7. The summed E-state index contributed by atoms with van der Waals surface area (Å²) in [6.07, 6.45) is -6.73. The van der Waals surface area contributed by atoms with Crippen LogP contribution in [-0.2, 0) is 47.7 Å². The van der Waals surface area contributed by atoms with Gasteiger partial charge < -0.3 is 59.0 Å². The van der Waals surface area contributed by atoms with Crippen LogP contribution in [0.25, 0.3) is 0 Å². The van der Waals surface area contributed by atoms with Crippen molar-refractivity contribution in [2.75, 3.05) is 40.5 Å². The van der Waals surface area contributed by atoms with E-state index >= 15 is 0 Å². The second-order valence-corrected chi connectivity index (χ2v) is 22.0. The Hall–Kier alpha value is -5.33. The van der Waals surface area contributed by atoms with Crippen molar-refractivity contribution >= 4 is 46.9 Å². The molecule has 1 aromatic rings. The zero-order valence-electron chi connectivity index (χ0n) is 48.4. The Labute approximate surface area is 467 Å². The molecule has 1 spiro atoms. The number of halogens is 3. The van der Waals surface area contributed by atoms with Crippen LogP contribution in [0, 0.1) is 35.5 Å². The number of oxime groups is 1. The number of hydrogen-bond donors (Lipinski definition) is 6. The number of esters is 3. The molecular formula is C57H86F3N4O16+. The van der Waals surface area contributed by atoms with Crippen molar-refractivity contribution in [2.45, 2.75) is 188 Å². The molecule has 0 aromatic heterocycles. The summed E-state index contributed by atoms with van der Waals surface area (Å²) >= 11 is 0. The number of nitrogens with zero attached hydrogens (tertiary/aromatic N) is 2. The lowest BCUT2D eigenvalue weighted by Crippen LogP contribution is -2.76. The third kappa shape index (κ3) is 18.6. The number of amides is 1. The smallest absolute Gasteiger partial charge is 0.433 e. The number of benzene rings is 1. The molecule has 1 amide bonds. The third-order valence-electron chi connectivity index (χ3n) is 15.6. The van der Waals surface area contributed by atoms with Crippen LogP contribution in [0.4, 0.5) is 13.2 Å². The van der Waals surface area contributed by atoms with E-state index in [-0.39, 0.29) is 96.0 Å². The molecule has 13 atom stereocenters. The molecular weight excluding hydrogens is 1050 g/mol. The molecule has 1 aromatic carbocycles. The van der Waals surface area contributed by atoms with Crippen LogP contribution in [-0.4, -0.2) is 162 Å². The molecule has 4 rings (SSSR count). The number of carbonyl (C=O) groups excluding carboxylic acids is 5. The highest BCUT2D eigenvalue weighted by molar-refractivity contribution is 6.12. The number of ketones is 1. The van der Waals surface area contributed by atoms with Gasteiger partial charge in [0.25, 0.3) is 5.91 Å². The predicted molar refractivity (Wildman–Crippen MR) is 288 cm³/mol. The largest absolute Gasteiger partial charge is 0.496 e. The van der Waals surface area contributed by atoms with Gasteiger partial charge in [-0.1, -0.05) is 59.7 Å². The SMILES string of the molecule is CCN=C(c1ccc(C(=O)NCC[NH+]=C(O)CO/N=C(/C)[C@@H](C)CC[C@@H]2O[C@@]3(CC[C@H]2C)CC[C@H](C)[C@H]([C@H](C)CC[C@H](O)[C@H](C)C(=O)C[C@@H](O)[C@H](OC)[C@H](OC(=O)C[C@@H](O)C2=C(C)C(=O)OC2=O)C(C)C)O3)c(OC)c1)C(F)(F)F. The van der Waals surface area contributed by atoms with Gasteiger partial charge in [-0.3, -0.25) is 19.4 Å². The van der Waals surface area contributed by atoms with Gasteiger partial charge in [0, 0.05) is 50.0 Å². The molecule has 23 heteroatoms. The van der Waals surface area contributed by atoms with Gasteiger partial charge in [0.2, 0.25) is 6.61 Å². The molecule has 0 aliphatic carbocycles. The van der Waals surface area contributed by atoms with Gasteiger partial charge in [0.1, 0.15) is 29.5 Å². The molecule has 3 aliphatic rings. The van der Waals surface area contributed by atoms with Gasteiger partial charge in [-0.05, 0) is 101 Å². The molecule has 2 fully saturated rings. The van der Waals surface area contributed by atoms with Crippen LogP contribution in [0.2, 0.25) is 0 Å². The number of carbonyl (C=O) groups is 5. The molecule has 80 heavy (non-hydrogen) atoms. The molecule has 3 heterocycles. The maximum atomic E-state index is 13.5. The van der Waals surface area contributed by atoms with Crippen LogP contribution in [0.1, 0.15) is 149 Å². The van der Waals surface area contributed by atoms with Crippen molar-refractivity contribution in [3.8, 4) is 5.75 Å². The van der Waals surface area contributed by atoms with E-state index < -0.39 is 102 Å². The summed E-state index contributed by atoms with van der Waals surface area (Å²) in [7, 11) is 2.55. The maximum absolute atomic E-state index is 13.5.